The van der Waals surface area contributed by atoms with Crippen LogP contribution in [0.25, 0.3) is 10.9 Å². The number of H-pyrrole nitrogens is 1. The van der Waals surface area contributed by atoms with Crippen molar-refractivity contribution >= 4 is 46.7 Å². The number of aliphatic imine (C=N–C) groups is 1. The number of nitrogens with one attached hydrogen (secondary N) is 4. The number of benzene rings is 1. The van der Waals surface area contributed by atoms with E-state index in [0.717, 1.165) is 25.0 Å². The Bertz CT molecular complexity index is 702. The molecule has 0 aliphatic heterocycles. The number of rotatable bonds is 9. The molecule has 1 aromatic heterocycles. The summed E-state index contributed by atoms with van der Waals surface area (Å²) < 4.78 is 4.90. The third kappa shape index (κ3) is 7.20. The first kappa shape index (κ1) is 22.2. The number of aromatic nitrogens is 1. The van der Waals surface area contributed by atoms with Gasteiger partial charge in [-0.15, -0.1) is 24.0 Å². The molecule has 0 radical (unpaired) electrons. The van der Waals surface area contributed by atoms with Crippen LogP contribution >= 0.6 is 24.0 Å². The van der Waals surface area contributed by atoms with Gasteiger partial charge in [-0.25, -0.2) is 4.99 Å². The van der Waals surface area contributed by atoms with Crippen LogP contribution in [0.4, 0.5) is 0 Å². The molecule has 1 amide bonds. The van der Waals surface area contributed by atoms with E-state index in [1.54, 1.807) is 7.11 Å². The second kappa shape index (κ2) is 12.5. The summed E-state index contributed by atoms with van der Waals surface area (Å²) in [7, 11) is 1.60. The summed E-state index contributed by atoms with van der Waals surface area (Å²) in [5, 5.41) is 10.4. The van der Waals surface area contributed by atoms with E-state index >= 15 is 0 Å². The highest BCUT2D eigenvalue weighted by Gasteiger charge is 2.04. The standard InChI is InChI=1S/C18H27N5O2.HI/c1-3-19-18(23-13-17(24)20-10-11-25-2)21-9-8-14-12-22-16-7-5-4-6-15(14)16;/h4-7,12,22H,3,8-11,13H2,1-2H3,(H,20,24)(H2,19,21,23);1H. The monoisotopic (exact) mass is 473 g/mol. The molecular formula is C18H28IN5O2. The summed E-state index contributed by atoms with van der Waals surface area (Å²) >= 11 is 0. The Kier molecular flexibility index (Phi) is 10.7. The van der Waals surface area contributed by atoms with Gasteiger partial charge >= 0.3 is 0 Å². The summed E-state index contributed by atoms with van der Waals surface area (Å²) in [6.07, 6.45) is 2.91. The van der Waals surface area contributed by atoms with Crippen LogP contribution in [0.2, 0.25) is 0 Å². The van der Waals surface area contributed by atoms with E-state index in [4.69, 9.17) is 4.74 Å². The minimum Gasteiger partial charge on any atom is -0.383 e. The number of aromatic amines is 1. The van der Waals surface area contributed by atoms with Gasteiger partial charge in [0.25, 0.3) is 0 Å². The SMILES string of the molecule is CCNC(=NCC(=O)NCCOC)NCCc1c[nH]c2ccccc12.I. The zero-order chi connectivity index (χ0) is 17.9. The molecule has 0 fully saturated rings. The van der Waals surface area contributed by atoms with Crippen LogP contribution in [0.15, 0.2) is 35.5 Å². The molecule has 2 aromatic rings. The molecule has 0 unspecified atom stereocenters. The summed E-state index contributed by atoms with van der Waals surface area (Å²) in [6, 6.07) is 8.25. The number of para-hydroxylation sites is 1. The molecule has 2 rings (SSSR count). The Balaban J connectivity index is 0.00000338. The lowest BCUT2D eigenvalue weighted by atomic mass is 10.1. The van der Waals surface area contributed by atoms with Crippen molar-refractivity contribution in [3.8, 4) is 0 Å². The van der Waals surface area contributed by atoms with Crippen molar-refractivity contribution in [2.24, 2.45) is 4.99 Å². The highest BCUT2D eigenvalue weighted by Crippen LogP contribution is 2.17. The number of methoxy groups -OCH3 is 1. The van der Waals surface area contributed by atoms with Gasteiger partial charge in [-0.05, 0) is 25.0 Å². The van der Waals surface area contributed by atoms with Crippen LogP contribution in [-0.4, -0.2) is 56.7 Å². The Morgan fingerprint density at radius 1 is 1.19 bits per heavy atom. The van der Waals surface area contributed by atoms with Crippen LogP contribution in [0, 0.1) is 0 Å². The summed E-state index contributed by atoms with van der Waals surface area (Å²) in [5.74, 6) is 0.523. The first-order valence-electron chi connectivity index (χ1n) is 8.57. The molecule has 4 N–H and O–H groups in total. The fraction of sp³-hybridized carbons (Fsp3) is 0.444. The molecular weight excluding hydrogens is 445 g/mol. The molecule has 8 heteroatoms. The highest BCUT2D eigenvalue weighted by molar-refractivity contribution is 14.0. The normalized spacial score (nSPS) is 11.1. The van der Waals surface area contributed by atoms with Crippen molar-refractivity contribution in [3.05, 3.63) is 36.0 Å². The molecule has 1 aromatic carbocycles. The third-order valence-corrected chi connectivity index (χ3v) is 3.72. The first-order valence-corrected chi connectivity index (χ1v) is 8.57. The van der Waals surface area contributed by atoms with Crippen molar-refractivity contribution in [1.29, 1.82) is 0 Å². The first-order chi connectivity index (χ1) is 12.2. The number of guanidine groups is 1. The molecule has 0 saturated heterocycles. The molecule has 144 valence electrons. The Hall–Kier alpha value is -1.81. The topological polar surface area (TPSA) is 90.5 Å². The summed E-state index contributed by atoms with van der Waals surface area (Å²) in [4.78, 5) is 19.3. The van der Waals surface area contributed by atoms with Gasteiger partial charge in [-0.3, -0.25) is 4.79 Å². The number of carbonyl (C=O) groups excluding carboxylic acids is 1. The van der Waals surface area contributed by atoms with E-state index in [1.807, 2.05) is 25.3 Å². The number of ether oxygens (including phenoxy) is 1. The molecule has 0 aliphatic rings. The second-order valence-electron chi connectivity index (χ2n) is 5.57. The van der Waals surface area contributed by atoms with E-state index in [-0.39, 0.29) is 36.4 Å². The minimum absolute atomic E-state index is 0. The zero-order valence-electron chi connectivity index (χ0n) is 15.3. The molecule has 0 atom stereocenters. The maximum atomic E-state index is 11.7. The van der Waals surface area contributed by atoms with Crippen molar-refractivity contribution in [2.45, 2.75) is 13.3 Å². The van der Waals surface area contributed by atoms with Gasteiger partial charge in [-0.1, -0.05) is 18.2 Å². The van der Waals surface area contributed by atoms with Crippen molar-refractivity contribution in [1.82, 2.24) is 20.9 Å². The number of fused-ring (bicyclic) bond motifs is 1. The molecule has 1 heterocycles. The summed E-state index contributed by atoms with van der Waals surface area (Å²) in [5.41, 5.74) is 2.40. The van der Waals surface area contributed by atoms with Crippen LogP contribution in [0.1, 0.15) is 12.5 Å². The summed E-state index contributed by atoms with van der Waals surface area (Å²) in [6.45, 7) is 4.55. The van der Waals surface area contributed by atoms with E-state index in [1.165, 1.54) is 10.9 Å². The van der Waals surface area contributed by atoms with Gasteiger partial charge in [-0.2, -0.15) is 0 Å². The van der Waals surface area contributed by atoms with E-state index in [2.05, 4.69) is 38.1 Å². The fourth-order valence-corrected chi connectivity index (χ4v) is 2.50. The smallest absolute Gasteiger partial charge is 0.241 e. The van der Waals surface area contributed by atoms with Crippen LogP contribution in [0.3, 0.4) is 0 Å². The van der Waals surface area contributed by atoms with Gasteiger partial charge in [0.2, 0.25) is 5.91 Å². The molecule has 0 spiro atoms. The predicted molar refractivity (Wildman–Crippen MR) is 116 cm³/mol. The average molecular weight is 473 g/mol. The van der Waals surface area contributed by atoms with Crippen LogP contribution < -0.4 is 16.0 Å². The van der Waals surface area contributed by atoms with Crippen molar-refractivity contribution in [3.63, 3.8) is 0 Å². The molecule has 7 nitrogen and oxygen atoms in total. The Morgan fingerprint density at radius 3 is 2.77 bits per heavy atom. The molecule has 26 heavy (non-hydrogen) atoms. The number of halogens is 1. The number of nitrogens with zero attached hydrogens (tertiary/aromatic N) is 1. The minimum atomic E-state index is -0.120. The molecule has 0 bridgehead atoms. The van der Waals surface area contributed by atoms with E-state index in [0.29, 0.717) is 19.1 Å². The number of hydrogen-bond acceptors (Lipinski definition) is 3. The number of hydrogen-bond donors (Lipinski definition) is 4. The largest absolute Gasteiger partial charge is 0.383 e. The van der Waals surface area contributed by atoms with Gasteiger partial charge in [0.1, 0.15) is 6.54 Å². The Labute approximate surface area is 171 Å². The van der Waals surface area contributed by atoms with Gasteiger partial charge in [0.15, 0.2) is 5.96 Å². The highest BCUT2D eigenvalue weighted by atomic mass is 127. The van der Waals surface area contributed by atoms with Crippen molar-refractivity contribution in [2.75, 3.05) is 39.9 Å². The maximum absolute atomic E-state index is 11.7. The third-order valence-electron chi connectivity index (χ3n) is 3.72. The zero-order valence-corrected chi connectivity index (χ0v) is 17.6. The second-order valence-corrected chi connectivity index (χ2v) is 5.57. The predicted octanol–water partition coefficient (Wildman–Crippen LogP) is 1.65. The Morgan fingerprint density at radius 2 is 2.00 bits per heavy atom. The molecule has 0 aliphatic carbocycles. The number of amides is 1. The van der Waals surface area contributed by atoms with E-state index in [9.17, 15) is 4.79 Å². The van der Waals surface area contributed by atoms with Gasteiger partial charge in [0.05, 0.1) is 6.61 Å². The van der Waals surface area contributed by atoms with Crippen LogP contribution in [0.5, 0.6) is 0 Å². The maximum Gasteiger partial charge on any atom is 0.241 e. The quantitative estimate of drug-likeness (QED) is 0.193. The molecule has 0 saturated carbocycles. The number of carbonyl (C=O) groups is 1. The van der Waals surface area contributed by atoms with E-state index < -0.39 is 0 Å². The van der Waals surface area contributed by atoms with Crippen molar-refractivity contribution < 1.29 is 9.53 Å². The lowest BCUT2D eigenvalue weighted by Gasteiger charge is -2.11. The van der Waals surface area contributed by atoms with Gasteiger partial charge in [0, 0.05) is 43.8 Å². The van der Waals surface area contributed by atoms with Crippen LogP contribution in [-0.2, 0) is 16.0 Å². The lowest BCUT2D eigenvalue weighted by Crippen LogP contribution is -2.39. The fourth-order valence-electron chi connectivity index (χ4n) is 2.50. The average Bonchev–Trinajstić information content (AvgIpc) is 3.03. The lowest BCUT2D eigenvalue weighted by molar-refractivity contribution is -0.119. The van der Waals surface area contributed by atoms with Gasteiger partial charge < -0.3 is 25.7 Å².